The number of unbranched alkanes of at least 4 members (excludes halogenated alkanes) is 12. The Labute approximate surface area is 505 Å². The number of nitrogens with zero attached hydrogens (tertiary/aromatic N) is 4. The molecule has 4 aromatic rings. The Morgan fingerprint density at radius 2 is 0.639 bits per heavy atom. The summed E-state index contributed by atoms with van der Waals surface area (Å²) in [6, 6.07) is 27.0. The molecular weight excluding hydrogens is 1030 g/mol. The standard InChI is InChI=1S/C73H116N4O6/c1-13-25-27-29-31-32-34-36-38-53(69(58(16-4)72(78)79)71-61-45-41-56(76(21-9)22-10)50-66(61)83-67-51-57(42-46-62(67)71)77(23-11)24-12)47-63(73(80)81)68(52(15-3)37-35-33-30-28-26-14-2)70-59-43-39-54(74(17-5)18-6)48-64(59)82-65-49-55(40-44-60(65)70)75(19-7)20-8/h39-46,48-53,58,63,68-73,78-81H,13-38,47H2,1-12H3. The maximum Gasteiger partial charge on any atom is 0.154 e. The Hall–Kier alpha value is -4.48. The molecule has 2 heterocycles. The minimum absolute atomic E-state index is 0.134. The fourth-order valence-electron chi connectivity index (χ4n) is 15.1. The van der Waals surface area contributed by atoms with Crippen molar-refractivity contribution in [2.24, 2.45) is 35.5 Å². The second kappa shape index (κ2) is 34.6. The van der Waals surface area contributed by atoms with Crippen molar-refractivity contribution in [3.05, 3.63) is 95.1 Å². The predicted molar refractivity (Wildman–Crippen MR) is 352 cm³/mol. The van der Waals surface area contributed by atoms with Crippen molar-refractivity contribution in [1.29, 1.82) is 0 Å². The smallest absolute Gasteiger partial charge is 0.154 e. The SMILES string of the molecule is CCCCCCCCCCC(CC(C(O)O)C(C(CC)CCCCCCCC)C1c2ccc(N(CC)CC)cc2Oc2cc(N(CC)CC)ccc21)C(C1c2ccc(N(CC)CC)cc2Oc2cc(N(CC)CC)ccc21)C(CC)C(O)O. The summed E-state index contributed by atoms with van der Waals surface area (Å²) in [4.78, 5) is 9.48. The number of hydrogen-bond acceptors (Lipinski definition) is 10. The molecular formula is C73H116N4O6. The van der Waals surface area contributed by atoms with Crippen LogP contribution in [0.25, 0.3) is 0 Å². The van der Waals surface area contributed by atoms with Crippen LogP contribution in [0.3, 0.4) is 0 Å². The number of ether oxygens (including phenoxy) is 2. The summed E-state index contributed by atoms with van der Waals surface area (Å²) < 4.78 is 14.3. The van der Waals surface area contributed by atoms with E-state index in [1.165, 1.54) is 57.8 Å². The minimum atomic E-state index is -1.64. The quantitative estimate of drug-likeness (QED) is 0.0254. The molecule has 6 unspecified atom stereocenters. The predicted octanol–water partition coefficient (Wildman–Crippen LogP) is 18.1. The van der Waals surface area contributed by atoms with E-state index in [2.05, 4.69) is 175 Å². The van der Waals surface area contributed by atoms with E-state index in [0.29, 0.717) is 12.8 Å². The van der Waals surface area contributed by atoms with Crippen LogP contribution >= 0.6 is 0 Å². The zero-order valence-electron chi connectivity index (χ0n) is 54.2. The highest BCUT2D eigenvalue weighted by atomic mass is 16.5. The van der Waals surface area contributed by atoms with Gasteiger partial charge in [-0.15, -0.1) is 0 Å². The Morgan fingerprint density at radius 3 is 0.916 bits per heavy atom. The van der Waals surface area contributed by atoms with Crippen LogP contribution in [-0.2, 0) is 0 Å². The third kappa shape index (κ3) is 16.9. The lowest BCUT2D eigenvalue weighted by Crippen LogP contribution is -2.43. The third-order valence-corrected chi connectivity index (χ3v) is 19.8. The largest absolute Gasteiger partial charge is 0.457 e. The molecule has 10 nitrogen and oxygen atoms in total. The van der Waals surface area contributed by atoms with Gasteiger partial charge in [0.05, 0.1) is 0 Å². The van der Waals surface area contributed by atoms with Crippen LogP contribution in [0.4, 0.5) is 22.7 Å². The van der Waals surface area contributed by atoms with Gasteiger partial charge in [0.2, 0.25) is 0 Å². The molecule has 6 atom stereocenters. The second-order valence-corrected chi connectivity index (χ2v) is 24.4. The summed E-state index contributed by atoms with van der Waals surface area (Å²) >= 11 is 0. The van der Waals surface area contributed by atoms with Crippen molar-refractivity contribution in [1.82, 2.24) is 0 Å². The van der Waals surface area contributed by atoms with Crippen molar-refractivity contribution in [3.8, 4) is 23.0 Å². The van der Waals surface area contributed by atoms with E-state index < -0.39 is 24.4 Å². The molecule has 2 aliphatic heterocycles. The topological polar surface area (TPSA) is 112 Å². The normalized spacial score (nSPS) is 15.3. The number of hydrogen-bond donors (Lipinski definition) is 4. The minimum Gasteiger partial charge on any atom is -0.457 e. The van der Waals surface area contributed by atoms with Gasteiger partial charge in [-0.05, 0) is 116 Å². The van der Waals surface area contributed by atoms with Crippen molar-refractivity contribution < 1.29 is 29.9 Å². The van der Waals surface area contributed by atoms with Crippen LogP contribution < -0.4 is 29.1 Å². The molecule has 464 valence electrons. The first kappa shape index (κ1) is 67.6. The van der Waals surface area contributed by atoms with Gasteiger partial charge in [-0.3, -0.25) is 0 Å². The maximum absolute atomic E-state index is 12.7. The van der Waals surface area contributed by atoms with Crippen LogP contribution in [0.1, 0.15) is 239 Å². The van der Waals surface area contributed by atoms with Crippen molar-refractivity contribution in [2.45, 2.75) is 229 Å². The summed E-state index contributed by atoms with van der Waals surface area (Å²) in [6.45, 7) is 33.5. The molecule has 2 aliphatic rings. The highest BCUT2D eigenvalue weighted by Gasteiger charge is 2.48. The van der Waals surface area contributed by atoms with Gasteiger partial charge in [0, 0.05) is 145 Å². The van der Waals surface area contributed by atoms with Gasteiger partial charge in [-0.2, -0.15) is 0 Å². The highest BCUT2D eigenvalue weighted by Crippen LogP contribution is 2.59. The van der Waals surface area contributed by atoms with E-state index >= 15 is 0 Å². The molecule has 0 aromatic heterocycles. The summed E-state index contributed by atoms with van der Waals surface area (Å²) in [5.74, 6) is 1.28. The fourth-order valence-corrected chi connectivity index (χ4v) is 15.1. The number of anilines is 4. The molecule has 0 radical (unpaired) electrons. The average Bonchev–Trinajstić information content (AvgIpc) is 1.82. The Bertz CT molecular complexity index is 2360. The maximum atomic E-state index is 12.7. The molecule has 6 rings (SSSR count). The highest BCUT2D eigenvalue weighted by molar-refractivity contribution is 5.66. The number of fused-ring (bicyclic) bond motifs is 4. The van der Waals surface area contributed by atoms with E-state index in [1.54, 1.807) is 0 Å². The summed E-state index contributed by atoms with van der Waals surface area (Å²) in [6.07, 6.45) is 17.1. The summed E-state index contributed by atoms with van der Waals surface area (Å²) in [7, 11) is 0. The first-order chi connectivity index (χ1) is 40.3. The van der Waals surface area contributed by atoms with Gasteiger partial charge < -0.3 is 49.5 Å². The number of aliphatic hydroxyl groups is 4. The third-order valence-electron chi connectivity index (χ3n) is 19.8. The van der Waals surface area contributed by atoms with E-state index in [1.807, 2.05) is 0 Å². The van der Waals surface area contributed by atoms with E-state index in [4.69, 9.17) is 9.47 Å². The van der Waals surface area contributed by atoms with Crippen molar-refractivity contribution >= 4 is 22.7 Å². The van der Waals surface area contributed by atoms with Crippen LogP contribution in [0, 0.1) is 35.5 Å². The lowest BCUT2D eigenvalue weighted by atomic mass is 9.59. The molecule has 0 saturated heterocycles. The molecule has 0 bridgehead atoms. The van der Waals surface area contributed by atoms with Crippen LogP contribution in [0.2, 0.25) is 0 Å². The van der Waals surface area contributed by atoms with Crippen LogP contribution in [0.15, 0.2) is 72.8 Å². The molecule has 0 aliphatic carbocycles. The number of rotatable bonds is 40. The van der Waals surface area contributed by atoms with Gasteiger partial charge in [0.15, 0.2) is 12.6 Å². The Balaban J connectivity index is 1.63. The van der Waals surface area contributed by atoms with Crippen LogP contribution in [0.5, 0.6) is 23.0 Å². The molecule has 83 heavy (non-hydrogen) atoms. The van der Waals surface area contributed by atoms with E-state index in [-0.39, 0.29) is 35.5 Å². The summed E-state index contributed by atoms with van der Waals surface area (Å²) in [5, 5.41) is 49.4. The number of benzene rings is 4. The van der Waals surface area contributed by atoms with Crippen molar-refractivity contribution in [2.75, 3.05) is 72.0 Å². The monoisotopic (exact) mass is 1140 g/mol. The first-order valence-corrected chi connectivity index (χ1v) is 34.0. The lowest BCUT2D eigenvalue weighted by Gasteiger charge is -2.47. The fraction of sp³-hybridized carbons (Fsp3) is 0.671. The van der Waals surface area contributed by atoms with Gasteiger partial charge in [-0.1, -0.05) is 161 Å². The zero-order valence-corrected chi connectivity index (χ0v) is 54.2. The van der Waals surface area contributed by atoms with Crippen LogP contribution in [-0.4, -0.2) is 85.4 Å². The van der Waals surface area contributed by atoms with E-state index in [9.17, 15) is 20.4 Å². The van der Waals surface area contributed by atoms with Crippen molar-refractivity contribution in [3.63, 3.8) is 0 Å². The van der Waals surface area contributed by atoms with Gasteiger partial charge >= 0.3 is 0 Å². The number of aliphatic hydroxyl groups excluding tert-OH is 2. The summed E-state index contributed by atoms with van der Waals surface area (Å²) in [5.41, 5.74) is 8.77. The lowest BCUT2D eigenvalue weighted by molar-refractivity contribution is -0.133. The zero-order chi connectivity index (χ0) is 60.0. The van der Waals surface area contributed by atoms with Gasteiger partial charge in [-0.25, -0.2) is 0 Å². The molecule has 10 heteroatoms. The molecule has 4 N–H and O–H groups in total. The van der Waals surface area contributed by atoms with Gasteiger partial charge in [0.25, 0.3) is 0 Å². The molecule has 0 fully saturated rings. The Morgan fingerprint density at radius 1 is 0.349 bits per heavy atom. The first-order valence-electron chi connectivity index (χ1n) is 34.0. The molecule has 0 amide bonds. The molecule has 4 aromatic carbocycles. The van der Waals surface area contributed by atoms with Gasteiger partial charge in [0.1, 0.15) is 23.0 Å². The molecule has 0 spiro atoms. The van der Waals surface area contributed by atoms with E-state index in [0.717, 1.165) is 172 Å². The Kier molecular flexibility index (Phi) is 28.2. The second-order valence-electron chi connectivity index (χ2n) is 24.4. The molecule has 0 saturated carbocycles. The average molecular weight is 1150 g/mol.